The Labute approximate surface area is 172 Å². The van der Waals surface area contributed by atoms with Gasteiger partial charge in [-0.25, -0.2) is 4.98 Å². The fraction of sp³-hybridized carbons (Fsp3) is 0.333. The predicted molar refractivity (Wildman–Crippen MR) is 118 cm³/mol. The van der Waals surface area contributed by atoms with Crippen LogP contribution >= 0.6 is 0 Å². The van der Waals surface area contributed by atoms with Gasteiger partial charge in [-0.2, -0.15) is 0 Å². The van der Waals surface area contributed by atoms with E-state index in [0.29, 0.717) is 12.1 Å². The summed E-state index contributed by atoms with van der Waals surface area (Å²) in [5.74, 6) is 0.746. The Bertz CT molecular complexity index is 950. The molecule has 5 nitrogen and oxygen atoms in total. The number of ether oxygens (including phenoxy) is 1. The first-order chi connectivity index (χ1) is 14.2. The normalized spacial score (nSPS) is 11.0. The molecule has 152 valence electrons. The van der Waals surface area contributed by atoms with Gasteiger partial charge >= 0.3 is 0 Å². The van der Waals surface area contributed by atoms with E-state index in [1.165, 1.54) is 0 Å². The largest absolute Gasteiger partial charge is 0.497 e. The lowest BCUT2D eigenvalue weighted by Gasteiger charge is -2.15. The van der Waals surface area contributed by atoms with Crippen molar-refractivity contribution >= 4 is 16.8 Å². The number of pyridine rings is 1. The van der Waals surface area contributed by atoms with E-state index < -0.39 is 0 Å². The minimum Gasteiger partial charge on any atom is -0.497 e. The van der Waals surface area contributed by atoms with Crippen molar-refractivity contribution in [3.05, 3.63) is 60.2 Å². The fourth-order valence-electron chi connectivity index (χ4n) is 3.51. The second-order valence-corrected chi connectivity index (χ2v) is 7.12. The van der Waals surface area contributed by atoms with Crippen LogP contribution < -0.4 is 15.0 Å². The number of carbonyl (C=O) groups excluding carboxylic acids is 1. The molecule has 3 rings (SSSR count). The van der Waals surface area contributed by atoms with E-state index in [2.05, 4.69) is 19.2 Å². The Kier molecular flexibility index (Phi) is 7.19. The highest BCUT2D eigenvalue weighted by Crippen LogP contribution is 2.26. The number of methoxy groups -OCH3 is 1. The number of carbonyl (C=O) groups is 1. The van der Waals surface area contributed by atoms with Gasteiger partial charge in [-0.1, -0.05) is 18.2 Å². The molecule has 1 amide bonds. The van der Waals surface area contributed by atoms with Gasteiger partial charge in [0, 0.05) is 23.9 Å². The average molecular weight is 393 g/mol. The van der Waals surface area contributed by atoms with Crippen LogP contribution in [0.25, 0.3) is 22.2 Å². The molecular formula is C24H30N3O2+. The number of quaternary nitrogens is 1. The van der Waals surface area contributed by atoms with Crippen LogP contribution in [0.15, 0.2) is 54.6 Å². The number of rotatable bonds is 9. The molecule has 0 radical (unpaired) electrons. The molecule has 0 atom stereocenters. The van der Waals surface area contributed by atoms with Gasteiger partial charge in [0.15, 0.2) is 0 Å². The van der Waals surface area contributed by atoms with Crippen LogP contribution in [0.1, 0.15) is 30.6 Å². The van der Waals surface area contributed by atoms with Crippen LogP contribution in [0, 0.1) is 0 Å². The molecule has 0 aliphatic heterocycles. The summed E-state index contributed by atoms with van der Waals surface area (Å²) in [5.41, 5.74) is 3.22. The van der Waals surface area contributed by atoms with Crippen molar-refractivity contribution < 1.29 is 14.4 Å². The Balaban J connectivity index is 1.83. The molecule has 1 aromatic heterocycles. The van der Waals surface area contributed by atoms with E-state index in [1.54, 1.807) is 12.0 Å². The van der Waals surface area contributed by atoms with Gasteiger partial charge in [0.2, 0.25) is 0 Å². The molecule has 1 heterocycles. The van der Waals surface area contributed by atoms with E-state index in [-0.39, 0.29) is 5.91 Å². The first-order valence-electron chi connectivity index (χ1n) is 10.3. The van der Waals surface area contributed by atoms with Crippen molar-refractivity contribution in [3.63, 3.8) is 0 Å². The maximum atomic E-state index is 13.0. The highest BCUT2D eigenvalue weighted by atomic mass is 16.5. The highest BCUT2D eigenvalue weighted by Gasteiger charge is 2.14. The zero-order valence-electron chi connectivity index (χ0n) is 17.5. The van der Waals surface area contributed by atoms with E-state index in [9.17, 15) is 4.79 Å². The lowest BCUT2D eigenvalue weighted by molar-refractivity contribution is -0.896. The summed E-state index contributed by atoms with van der Waals surface area (Å²) >= 11 is 0. The van der Waals surface area contributed by atoms with Gasteiger partial charge in [0.25, 0.3) is 5.91 Å². The number of fused-ring (bicyclic) bond motifs is 1. The maximum Gasteiger partial charge on any atom is 0.252 e. The predicted octanol–water partition coefficient (Wildman–Crippen LogP) is 2.96. The highest BCUT2D eigenvalue weighted by molar-refractivity contribution is 6.07. The van der Waals surface area contributed by atoms with Gasteiger partial charge < -0.3 is 15.0 Å². The van der Waals surface area contributed by atoms with Gasteiger partial charge in [-0.05, 0) is 50.2 Å². The van der Waals surface area contributed by atoms with Crippen molar-refractivity contribution in [2.75, 3.05) is 33.3 Å². The van der Waals surface area contributed by atoms with Crippen molar-refractivity contribution in [2.24, 2.45) is 0 Å². The Morgan fingerprint density at radius 2 is 1.79 bits per heavy atom. The third kappa shape index (κ3) is 5.12. The molecule has 0 unspecified atom stereocenters. The van der Waals surface area contributed by atoms with Gasteiger partial charge in [0.05, 0.1) is 43.5 Å². The molecule has 0 fully saturated rings. The summed E-state index contributed by atoms with van der Waals surface area (Å²) in [6.07, 6.45) is 0.969. The quantitative estimate of drug-likeness (QED) is 0.551. The van der Waals surface area contributed by atoms with Crippen molar-refractivity contribution in [3.8, 4) is 17.0 Å². The smallest absolute Gasteiger partial charge is 0.252 e. The Morgan fingerprint density at radius 1 is 1.07 bits per heavy atom. The third-order valence-corrected chi connectivity index (χ3v) is 5.34. The monoisotopic (exact) mass is 392 g/mol. The van der Waals surface area contributed by atoms with Gasteiger partial charge in [0.1, 0.15) is 5.75 Å². The standard InChI is InChI=1S/C24H29N3O2/c1-4-27(5-2)16-8-15-25-24(28)21-17-23(18-11-13-19(29-3)14-12-18)26-22-10-7-6-9-20(21)22/h6-7,9-14,17H,4-5,8,15-16H2,1-3H3,(H,25,28)/p+1. The molecule has 0 aliphatic carbocycles. The number of amides is 1. The molecule has 2 aromatic carbocycles. The van der Waals surface area contributed by atoms with Crippen LogP contribution in [0.2, 0.25) is 0 Å². The molecule has 0 saturated carbocycles. The number of benzene rings is 2. The average Bonchev–Trinajstić information content (AvgIpc) is 2.78. The summed E-state index contributed by atoms with van der Waals surface area (Å²) in [6, 6.07) is 17.4. The molecule has 0 saturated heterocycles. The summed E-state index contributed by atoms with van der Waals surface area (Å²) in [5, 5.41) is 3.96. The number of aromatic nitrogens is 1. The van der Waals surface area contributed by atoms with Gasteiger partial charge in [-0.3, -0.25) is 4.79 Å². The number of hydrogen-bond donors (Lipinski definition) is 2. The molecule has 2 N–H and O–H groups in total. The molecule has 3 aromatic rings. The molecule has 0 aliphatic rings. The third-order valence-electron chi connectivity index (χ3n) is 5.34. The number of para-hydroxylation sites is 1. The number of hydrogen-bond acceptors (Lipinski definition) is 3. The van der Waals surface area contributed by atoms with E-state index >= 15 is 0 Å². The number of nitrogens with one attached hydrogen (secondary N) is 2. The minimum atomic E-state index is -0.0482. The van der Waals surface area contributed by atoms with Crippen molar-refractivity contribution in [2.45, 2.75) is 20.3 Å². The summed E-state index contributed by atoms with van der Waals surface area (Å²) in [4.78, 5) is 19.3. The summed E-state index contributed by atoms with van der Waals surface area (Å²) in [7, 11) is 1.65. The summed E-state index contributed by atoms with van der Waals surface area (Å²) in [6.45, 7) is 8.37. The SMILES string of the molecule is CC[NH+](CC)CCCNC(=O)c1cc(-c2ccc(OC)cc2)nc2ccccc12. The second-order valence-electron chi connectivity index (χ2n) is 7.12. The number of nitrogens with zero attached hydrogens (tertiary/aromatic N) is 1. The first-order valence-corrected chi connectivity index (χ1v) is 10.3. The van der Waals surface area contributed by atoms with Crippen molar-refractivity contribution in [1.82, 2.24) is 10.3 Å². The lowest BCUT2D eigenvalue weighted by Crippen LogP contribution is -3.11. The Hall–Kier alpha value is -2.92. The lowest BCUT2D eigenvalue weighted by atomic mass is 10.0. The molecule has 0 bridgehead atoms. The minimum absolute atomic E-state index is 0.0482. The van der Waals surface area contributed by atoms with E-state index in [0.717, 1.165) is 54.0 Å². The van der Waals surface area contributed by atoms with Crippen LogP contribution in [-0.4, -0.2) is 44.2 Å². The van der Waals surface area contributed by atoms with Gasteiger partial charge in [-0.15, -0.1) is 0 Å². The second kappa shape index (κ2) is 10.0. The molecule has 0 spiro atoms. The molecular weight excluding hydrogens is 362 g/mol. The molecule has 29 heavy (non-hydrogen) atoms. The van der Waals surface area contributed by atoms with Crippen molar-refractivity contribution in [1.29, 1.82) is 0 Å². The zero-order chi connectivity index (χ0) is 20.6. The van der Waals surface area contributed by atoms with E-state index in [1.807, 2.05) is 54.6 Å². The topological polar surface area (TPSA) is 55.7 Å². The fourth-order valence-corrected chi connectivity index (χ4v) is 3.51. The zero-order valence-corrected chi connectivity index (χ0v) is 17.5. The van der Waals surface area contributed by atoms with Crippen LogP contribution in [-0.2, 0) is 0 Å². The first kappa shape index (κ1) is 20.8. The molecule has 5 heteroatoms. The van der Waals surface area contributed by atoms with Crippen LogP contribution in [0.5, 0.6) is 5.75 Å². The van der Waals surface area contributed by atoms with E-state index in [4.69, 9.17) is 9.72 Å². The maximum absolute atomic E-state index is 13.0. The van der Waals surface area contributed by atoms with Crippen LogP contribution in [0.3, 0.4) is 0 Å². The summed E-state index contributed by atoms with van der Waals surface area (Å²) < 4.78 is 5.24. The van der Waals surface area contributed by atoms with Crippen LogP contribution in [0.4, 0.5) is 0 Å². The Morgan fingerprint density at radius 3 is 2.48 bits per heavy atom.